The van der Waals surface area contributed by atoms with Crippen molar-refractivity contribution in [2.45, 2.75) is 32.4 Å². The third-order valence-electron chi connectivity index (χ3n) is 4.56. The minimum Gasteiger partial charge on any atom is -0.337 e. The van der Waals surface area contributed by atoms with Gasteiger partial charge in [-0.05, 0) is 55.7 Å². The van der Waals surface area contributed by atoms with Crippen LogP contribution in [0.5, 0.6) is 0 Å². The van der Waals surface area contributed by atoms with Crippen molar-refractivity contribution in [3.63, 3.8) is 0 Å². The van der Waals surface area contributed by atoms with Crippen molar-refractivity contribution in [3.05, 3.63) is 70.1 Å². The molecule has 0 bridgehead atoms. The van der Waals surface area contributed by atoms with Gasteiger partial charge in [-0.1, -0.05) is 40.5 Å². The van der Waals surface area contributed by atoms with E-state index in [0.29, 0.717) is 16.7 Å². The maximum atomic E-state index is 5.92. The lowest BCUT2D eigenvalue weighted by molar-refractivity contribution is 0.340. The van der Waals surface area contributed by atoms with Gasteiger partial charge in [0.2, 0.25) is 11.7 Å². The van der Waals surface area contributed by atoms with Crippen molar-refractivity contribution in [2.75, 3.05) is 0 Å². The summed E-state index contributed by atoms with van der Waals surface area (Å²) in [6.07, 6.45) is 0.854. The molecule has 5 nitrogen and oxygen atoms in total. The third-order valence-corrected chi connectivity index (χ3v) is 4.81. The minimum atomic E-state index is -0.0153. The molecule has 0 spiro atoms. The smallest absolute Gasteiger partial charge is 0.245 e. The van der Waals surface area contributed by atoms with Crippen LogP contribution in [0.3, 0.4) is 0 Å². The minimum absolute atomic E-state index is 0.0153. The first-order valence-electron chi connectivity index (χ1n) is 8.28. The zero-order chi connectivity index (χ0) is 17.4. The summed E-state index contributed by atoms with van der Waals surface area (Å²) in [6.45, 7) is 4.24. The van der Waals surface area contributed by atoms with Crippen LogP contribution in [0.25, 0.3) is 11.4 Å². The summed E-state index contributed by atoms with van der Waals surface area (Å²) < 4.78 is 5.47. The second-order valence-corrected chi connectivity index (χ2v) is 6.89. The molecule has 2 heterocycles. The molecular weight excluding hydrogens is 336 g/mol. The van der Waals surface area contributed by atoms with Crippen molar-refractivity contribution in [3.8, 4) is 11.4 Å². The van der Waals surface area contributed by atoms with E-state index in [2.05, 4.69) is 53.0 Å². The van der Waals surface area contributed by atoms with E-state index in [1.807, 2.05) is 24.3 Å². The molecule has 1 aliphatic heterocycles. The molecule has 0 amide bonds. The van der Waals surface area contributed by atoms with Crippen LogP contribution in [0.2, 0.25) is 5.02 Å². The first kappa shape index (κ1) is 16.3. The fourth-order valence-electron chi connectivity index (χ4n) is 3.15. The summed E-state index contributed by atoms with van der Waals surface area (Å²) in [6, 6.07) is 14.1. The molecule has 1 aliphatic rings. The number of aryl methyl sites for hydroxylation is 2. The van der Waals surface area contributed by atoms with Crippen LogP contribution in [-0.2, 0) is 0 Å². The summed E-state index contributed by atoms with van der Waals surface area (Å²) in [5, 5.41) is 4.78. The fourth-order valence-corrected chi connectivity index (χ4v) is 3.28. The molecule has 4 rings (SSSR count). The lowest BCUT2D eigenvalue weighted by Crippen LogP contribution is -2.27. The molecule has 1 saturated heterocycles. The van der Waals surface area contributed by atoms with Gasteiger partial charge in [0.1, 0.15) is 6.04 Å². The van der Waals surface area contributed by atoms with Crippen LogP contribution in [0, 0.1) is 13.8 Å². The Hall–Kier alpha value is -2.21. The second kappa shape index (κ2) is 6.59. The number of rotatable bonds is 3. The molecule has 2 aromatic carbocycles. The Morgan fingerprint density at radius 2 is 1.80 bits per heavy atom. The Bertz CT molecular complexity index is 891. The molecule has 2 atom stereocenters. The Morgan fingerprint density at radius 1 is 1.04 bits per heavy atom. The van der Waals surface area contributed by atoms with E-state index in [4.69, 9.17) is 16.1 Å². The first-order valence-corrected chi connectivity index (χ1v) is 8.66. The highest BCUT2D eigenvalue weighted by atomic mass is 35.5. The standard InChI is InChI=1S/C19H19ClN4O/c1-11-3-4-12(2)15(9-11)16-10-17(23-22-16)19-21-18(24-25-19)13-5-7-14(20)8-6-13/h3-9,16-17,22-23H,10H2,1-2H3. The monoisotopic (exact) mass is 354 g/mol. The van der Waals surface area contributed by atoms with E-state index >= 15 is 0 Å². The van der Waals surface area contributed by atoms with Crippen molar-refractivity contribution in [1.29, 1.82) is 0 Å². The molecule has 0 saturated carbocycles. The molecule has 0 radical (unpaired) electrons. The van der Waals surface area contributed by atoms with Gasteiger partial charge < -0.3 is 4.52 Å². The number of benzene rings is 2. The fraction of sp³-hybridized carbons (Fsp3) is 0.263. The average molecular weight is 355 g/mol. The maximum absolute atomic E-state index is 5.92. The number of aromatic nitrogens is 2. The predicted molar refractivity (Wildman–Crippen MR) is 97.0 cm³/mol. The highest BCUT2D eigenvalue weighted by Gasteiger charge is 2.31. The molecule has 6 heteroatoms. The molecule has 2 unspecified atom stereocenters. The van der Waals surface area contributed by atoms with E-state index in [9.17, 15) is 0 Å². The van der Waals surface area contributed by atoms with Gasteiger partial charge in [-0.15, -0.1) is 0 Å². The van der Waals surface area contributed by atoms with Crippen molar-refractivity contribution < 1.29 is 4.52 Å². The quantitative estimate of drug-likeness (QED) is 0.734. The lowest BCUT2D eigenvalue weighted by Gasteiger charge is -2.13. The number of hydrazine groups is 1. The van der Waals surface area contributed by atoms with Gasteiger partial charge in [-0.3, -0.25) is 0 Å². The molecule has 1 aromatic heterocycles. The number of nitrogens with one attached hydrogen (secondary N) is 2. The molecule has 3 aromatic rings. The van der Waals surface area contributed by atoms with Crippen LogP contribution in [-0.4, -0.2) is 10.1 Å². The van der Waals surface area contributed by atoms with Crippen molar-refractivity contribution in [1.82, 2.24) is 21.0 Å². The SMILES string of the molecule is Cc1ccc(C)c(C2CC(c3nc(-c4ccc(Cl)cc4)no3)NN2)c1. The highest BCUT2D eigenvalue weighted by molar-refractivity contribution is 6.30. The van der Waals surface area contributed by atoms with Gasteiger partial charge >= 0.3 is 0 Å². The summed E-state index contributed by atoms with van der Waals surface area (Å²) in [5.74, 6) is 1.16. The average Bonchev–Trinajstić information content (AvgIpc) is 3.27. The van der Waals surface area contributed by atoms with Crippen molar-refractivity contribution in [2.24, 2.45) is 0 Å². The van der Waals surface area contributed by atoms with Crippen LogP contribution >= 0.6 is 11.6 Å². The molecular formula is C19H19ClN4O. The second-order valence-electron chi connectivity index (χ2n) is 6.45. The number of hydrogen-bond donors (Lipinski definition) is 2. The Labute approximate surface area is 151 Å². The van der Waals surface area contributed by atoms with E-state index in [-0.39, 0.29) is 12.1 Å². The Kier molecular flexibility index (Phi) is 4.29. The number of hydrogen-bond acceptors (Lipinski definition) is 5. The molecule has 1 fully saturated rings. The number of nitrogens with zero attached hydrogens (tertiary/aromatic N) is 2. The third kappa shape index (κ3) is 3.31. The van der Waals surface area contributed by atoms with Gasteiger partial charge in [-0.2, -0.15) is 4.98 Å². The van der Waals surface area contributed by atoms with Gasteiger partial charge in [0.05, 0.1) is 0 Å². The zero-order valence-electron chi connectivity index (χ0n) is 14.1. The summed E-state index contributed by atoms with van der Waals surface area (Å²) >= 11 is 5.92. The van der Waals surface area contributed by atoms with Crippen LogP contribution in [0.1, 0.15) is 41.1 Å². The van der Waals surface area contributed by atoms with Gasteiger partial charge in [0, 0.05) is 16.6 Å². The summed E-state index contributed by atoms with van der Waals surface area (Å²) in [7, 11) is 0. The van der Waals surface area contributed by atoms with Crippen molar-refractivity contribution >= 4 is 11.6 Å². The largest absolute Gasteiger partial charge is 0.337 e. The highest BCUT2D eigenvalue weighted by Crippen LogP contribution is 2.32. The van der Waals surface area contributed by atoms with Gasteiger partial charge in [0.25, 0.3) is 0 Å². The summed E-state index contributed by atoms with van der Waals surface area (Å²) in [4.78, 5) is 4.54. The van der Waals surface area contributed by atoms with Gasteiger partial charge in [-0.25, -0.2) is 10.9 Å². The molecule has 128 valence electrons. The molecule has 2 N–H and O–H groups in total. The van der Waals surface area contributed by atoms with Gasteiger partial charge in [0.15, 0.2) is 0 Å². The lowest BCUT2D eigenvalue weighted by atomic mass is 9.96. The molecule has 25 heavy (non-hydrogen) atoms. The van der Waals surface area contributed by atoms with Crippen LogP contribution < -0.4 is 10.9 Å². The predicted octanol–water partition coefficient (Wildman–Crippen LogP) is 4.29. The normalized spacial score (nSPS) is 20.1. The number of halogens is 1. The maximum Gasteiger partial charge on any atom is 0.245 e. The van der Waals surface area contributed by atoms with E-state index in [1.165, 1.54) is 16.7 Å². The van der Waals surface area contributed by atoms with Crippen LogP contribution in [0.4, 0.5) is 0 Å². The first-order chi connectivity index (χ1) is 12.1. The Morgan fingerprint density at radius 3 is 2.60 bits per heavy atom. The zero-order valence-corrected chi connectivity index (χ0v) is 14.8. The Balaban J connectivity index is 1.52. The van der Waals surface area contributed by atoms with E-state index < -0.39 is 0 Å². The molecule has 0 aliphatic carbocycles. The summed E-state index contributed by atoms with van der Waals surface area (Å²) in [5.41, 5.74) is 11.3. The topological polar surface area (TPSA) is 63.0 Å². The van der Waals surface area contributed by atoms with E-state index in [1.54, 1.807) is 0 Å². The van der Waals surface area contributed by atoms with Crippen LogP contribution in [0.15, 0.2) is 47.0 Å². The van der Waals surface area contributed by atoms with E-state index in [0.717, 1.165) is 12.0 Å².